The molecule has 1 heterocycles. The SMILES string of the molecule is C[Si]1(C)[CH]CCC1. The van der Waals surface area contributed by atoms with Gasteiger partial charge in [-0.15, -0.1) is 0 Å². The van der Waals surface area contributed by atoms with Crippen LogP contribution in [-0.2, 0) is 0 Å². The summed E-state index contributed by atoms with van der Waals surface area (Å²) in [6, 6.07) is 4.10. The van der Waals surface area contributed by atoms with E-state index in [-0.39, 0.29) is 0 Å². The number of hydrogen-bond donors (Lipinski definition) is 0. The third kappa shape index (κ3) is 1.30. The molecule has 0 amide bonds. The zero-order valence-corrected chi connectivity index (χ0v) is 6.20. The molecule has 41 valence electrons. The van der Waals surface area contributed by atoms with Crippen molar-refractivity contribution in [2.75, 3.05) is 0 Å². The van der Waals surface area contributed by atoms with Gasteiger partial charge >= 0.3 is 0 Å². The lowest BCUT2D eigenvalue weighted by Gasteiger charge is -2.10. The van der Waals surface area contributed by atoms with Crippen LogP contribution in [0.1, 0.15) is 12.8 Å². The van der Waals surface area contributed by atoms with Crippen LogP contribution in [0.3, 0.4) is 0 Å². The van der Waals surface area contributed by atoms with Crippen LogP contribution in [0, 0.1) is 6.04 Å². The molecule has 0 N–H and O–H groups in total. The van der Waals surface area contributed by atoms with Gasteiger partial charge in [-0.25, -0.2) is 0 Å². The highest BCUT2D eigenvalue weighted by Crippen LogP contribution is 2.26. The van der Waals surface area contributed by atoms with Crippen molar-refractivity contribution >= 4 is 8.07 Å². The largest absolute Gasteiger partial charge is 0.0691 e. The van der Waals surface area contributed by atoms with Gasteiger partial charge in [-0.2, -0.15) is 0 Å². The van der Waals surface area contributed by atoms with Gasteiger partial charge in [-0.1, -0.05) is 32.0 Å². The van der Waals surface area contributed by atoms with E-state index in [4.69, 9.17) is 0 Å². The van der Waals surface area contributed by atoms with Crippen LogP contribution in [0.15, 0.2) is 0 Å². The molecule has 0 aromatic heterocycles. The fraction of sp³-hybridized carbons (Fsp3) is 0.833. The van der Waals surface area contributed by atoms with Crippen molar-refractivity contribution in [2.45, 2.75) is 32.0 Å². The summed E-state index contributed by atoms with van der Waals surface area (Å²) < 4.78 is 0. The van der Waals surface area contributed by atoms with E-state index in [2.05, 4.69) is 19.1 Å². The summed E-state index contributed by atoms with van der Waals surface area (Å²) >= 11 is 0. The van der Waals surface area contributed by atoms with Crippen molar-refractivity contribution in [1.29, 1.82) is 0 Å². The Hall–Kier alpha value is 0.217. The molecular formula is C6H13Si. The summed E-state index contributed by atoms with van der Waals surface area (Å²) in [6.45, 7) is 4.89. The molecule has 1 heteroatoms. The highest BCUT2D eigenvalue weighted by Gasteiger charge is 2.24. The zero-order chi connectivity index (χ0) is 5.33. The van der Waals surface area contributed by atoms with Gasteiger partial charge in [0.15, 0.2) is 0 Å². The molecule has 1 fully saturated rings. The lowest BCUT2D eigenvalue weighted by atomic mass is 10.4. The first-order valence-corrected chi connectivity index (χ1v) is 6.33. The second kappa shape index (κ2) is 1.62. The van der Waals surface area contributed by atoms with Crippen LogP contribution in [0.4, 0.5) is 0 Å². The molecule has 1 saturated heterocycles. The Labute approximate surface area is 46.9 Å². The molecule has 0 saturated carbocycles. The van der Waals surface area contributed by atoms with Gasteiger partial charge in [0.1, 0.15) is 0 Å². The van der Waals surface area contributed by atoms with Gasteiger partial charge in [0.25, 0.3) is 0 Å². The van der Waals surface area contributed by atoms with E-state index in [1.807, 2.05) is 0 Å². The third-order valence-electron chi connectivity index (χ3n) is 1.72. The summed E-state index contributed by atoms with van der Waals surface area (Å²) in [7, 11) is -0.665. The molecule has 1 rings (SSSR count). The maximum absolute atomic E-state index is 2.56. The summed E-state index contributed by atoms with van der Waals surface area (Å²) in [5, 5.41) is 0. The van der Waals surface area contributed by atoms with Crippen LogP contribution in [0.5, 0.6) is 0 Å². The summed E-state index contributed by atoms with van der Waals surface area (Å²) in [5.74, 6) is 0. The van der Waals surface area contributed by atoms with Crippen molar-refractivity contribution in [3.8, 4) is 0 Å². The molecule has 1 aliphatic rings. The minimum atomic E-state index is -0.665. The van der Waals surface area contributed by atoms with Crippen molar-refractivity contribution in [1.82, 2.24) is 0 Å². The lowest BCUT2D eigenvalue weighted by molar-refractivity contribution is 0.981. The molecule has 7 heavy (non-hydrogen) atoms. The topological polar surface area (TPSA) is 0 Å². The molecule has 0 atom stereocenters. The normalized spacial score (nSPS) is 28.3. The van der Waals surface area contributed by atoms with E-state index in [9.17, 15) is 0 Å². The van der Waals surface area contributed by atoms with Crippen LogP contribution in [0.2, 0.25) is 19.1 Å². The predicted molar refractivity (Wildman–Crippen MR) is 35.8 cm³/mol. The Morgan fingerprint density at radius 1 is 1.43 bits per heavy atom. The Bertz CT molecular complexity index is 58.6. The minimum Gasteiger partial charge on any atom is -0.0691 e. The second-order valence-corrected chi connectivity index (χ2v) is 7.97. The van der Waals surface area contributed by atoms with Crippen molar-refractivity contribution in [2.24, 2.45) is 0 Å². The van der Waals surface area contributed by atoms with Gasteiger partial charge in [-0.3, -0.25) is 0 Å². The van der Waals surface area contributed by atoms with E-state index < -0.39 is 8.07 Å². The standard InChI is InChI=1S/C6H13Si/c1-7(2)5-3-4-6-7/h5H,3-4,6H2,1-2H3. The van der Waals surface area contributed by atoms with E-state index in [1.165, 1.54) is 18.9 Å². The van der Waals surface area contributed by atoms with Crippen molar-refractivity contribution < 1.29 is 0 Å². The summed E-state index contributed by atoms with van der Waals surface area (Å²) in [6.07, 6.45) is 2.87. The van der Waals surface area contributed by atoms with Crippen LogP contribution in [-0.4, -0.2) is 8.07 Å². The van der Waals surface area contributed by atoms with Crippen LogP contribution in [0.25, 0.3) is 0 Å². The van der Waals surface area contributed by atoms with E-state index in [1.54, 1.807) is 0 Å². The number of rotatable bonds is 0. The lowest BCUT2D eigenvalue weighted by Crippen LogP contribution is -2.19. The minimum absolute atomic E-state index is 0.665. The first kappa shape index (κ1) is 5.36. The van der Waals surface area contributed by atoms with Gasteiger partial charge in [0, 0.05) is 0 Å². The molecule has 0 nitrogen and oxygen atoms in total. The second-order valence-electron chi connectivity index (χ2n) is 3.08. The van der Waals surface area contributed by atoms with E-state index in [0.717, 1.165) is 0 Å². The smallest absolute Gasteiger partial charge is 0.0504 e. The fourth-order valence-electron chi connectivity index (χ4n) is 1.15. The molecule has 0 unspecified atom stereocenters. The maximum atomic E-state index is 2.56. The molecule has 0 bridgehead atoms. The molecule has 1 radical (unpaired) electrons. The fourth-order valence-corrected chi connectivity index (χ4v) is 3.46. The van der Waals surface area contributed by atoms with Gasteiger partial charge in [-0.05, 0) is 6.04 Å². The van der Waals surface area contributed by atoms with Gasteiger partial charge < -0.3 is 0 Å². The molecule has 0 aliphatic carbocycles. The quantitative estimate of drug-likeness (QED) is 0.423. The highest BCUT2D eigenvalue weighted by atomic mass is 28.3. The average molecular weight is 113 g/mol. The van der Waals surface area contributed by atoms with Crippen molar-refractivity contribution in [3.05, 3.63) is 6.04 Å². The first-order valence-electron chi connectivity index (χ1n) is 3.05. The monoisotopic (exact) mass is 113 g/mol. The molecule has 1 aliphatic heterocycles. The first-order chi connectivity index (χ1) is 3.21. The van der Waals surface area contributed by atoms with Gasteiger partial charge in [0.05, 0.1) is 8.07 Å². The Morgan fingerprint density at radius 2 is 2.14 bits per heavy atom. The molecule has 0 aromatic rings. The van der Waals surface area contributed by atoms with Gasteiger partial charge in [0.2, 0.25) is 0 Å². The van der Waals surface area contributed by atoms with Crippen LogP contribution >= 0.6 is 0 Å². The third-order valence-corrected chi connectivity index (χ3v) is 4.76. The summed E-state index contributed by atoms with van der Waals surface area (Å²) in [5.41, 5.74) is 0. The average Bonchev–Trinajstić information content (AvgIpc) is 1.84. The summed E-state index contributed by atoms with van der Waals surface area (Å²) in [4.78, 5) is 0. The zero-order valence-electron chi connectivity index (χ0n) is 5.20. The Balaban J connectivity index is 2.40. The van der Waals surface area contributed by atoms with E-state index >= 15 is 0 Å². The molecule has 0 spiro atoms. The Kier molecular flexibility index (Phi) is 1.24. The van der Waals surface area contributed by atoms with E-state index in [0.29, 0.717) is 0 Å². The Morgan fingerprint density at radius 3 is 2.29 bits per heavy atom. The molecular weight excluding hydrogens is 100 g/mol. The maximum Gasteiger partial charge on any atom is 0.0504 e. The van der Waals surface area contributed by atoms with Crippen molar-refractivity contribution in [3.63, 3.8) is 0 Å². The molecule has 0 aromatic carbocycles. The predicted octanol–water partition coefficient (Wildman–Crippen LogP) is 2.23. The number of hydrogen-bond acceptors (Lipinski definition) is 0. The highest BCUT2D eigenvalue weighted by molar-refractivity contribution is 6.81. The van der Waals surface area contributed by atoms with Crippen LogP contribution < -0.4 is 0 Å².